The van der Waals surface area contributed by atoms with Crippen LogP contribution < -0.4 is 15.4 Å². The molecule has 0 bridgehead atoms. The predicted octanol–water partition coefficient (Wildman–Crippen LogP) is 2.61. The number of aliphatic hydroxyl groups excluding tert-OH is 1. The molecule has 0 aliphatic carbocycles. The molecule has 0 aliphatic rings. The van der Waals surface area contributed by atoms with Crippen LogP contribution in [0.2, 0.25) is 0 Å². The summed E-state index contributed by atoms with van der Waals surface area (Å²) in [5, 5.41) is 14.4. The molecule has 1 aromatic rings. The molecule has 1 amide bonds. The first-order valence-electron chi connectivity index (χ1n) is 7.20. The number of halogens is 1. The van der Waals surface area contributed by atoms with E-state index in [1.807, 2.05) is 0 Å². The van der Waals surface area contributed by atoms with Gasteiger partial charge in [0.1, 0.15) is 5.75 Å². The molecule has 1 aromatic carbocycles. The molecule has 122 valence electrons. The topological polar surface area (TPSA) is 70.6 Å². The fourth-order valence-electron chi connectivity index (χ4n) is 1.59. The Morgan fingerprint density at radius 2 is 2.18 bits per heavy atom. The van der Waals surface area contributed by atoms with Crippen LogP contribution in [0, 0.1) is 0 Å². The Bertz CT molecular complexity index is 512. The molecule has 3 N–H and O–H groups in total. The summed E-state index contributed by atoms with van der Waals surface area (Å²) in [6, 6.07) is 5.15. The van der Waals surface area contributed by atoms with Crippen LogP contribution >= 0.6 is 28.1 Å². The van der Waals surface area contributed by atoms with Gasteiger partial charge >= 0.3 is 0 Å². The predicted molar refractivity (Wildman–Crippen MR) is 94.3 cm³/mol. The number of nitrogens with one attached hydrogen (secondary N) is 2. The van der Waals surface area contributed by atoms with Gasteiger partial charge in [0.05, 0.1) is 11.1 Å². The first kappa shape index (κ1) is 18.9. The van der Waals surface area contributed by atoms with Gasteiger partial charge in [-0.1, -0.05) is 13.3 Å². The SMILES string of the molecule is CCCCOc1ccc(C(=O)NC(=S)NCCCO)cc1Br. The van der Waals surface area contributed by atoms with E-state index in [2.05, 4.69) is 33.5 Å². The highest BCUT2D eigenvalue weighted by Crippen LogP contribution is 2.26. The van der Waals surface area contributed by atoms with E-state index >= 15 is 0 Å². The maximum Gasteiger partial charge on any atom is 0.257 e. The summed E-state index contributed by atoms with van der Waals surface area (Å²) in [7, 11) is 0. The van der Waals surface area contributed by atoms with Crippen molar-refractivity contribution in [3.8, 4) is 5.75 Å². The van der Waals surface area contributed by atoms with Crippen LogP contribution in [0.5, 0.6) is 5.75 Å². The minimum absolute atomic E-state index is 0.0794. The van der Waals surface area contributed by atoms with Crippen molar-refractivity contribution >= 4 is 39.2 Å². The van der Waals surface area contributed by atoms with Crippen LogP contribution in [0.15, 0.2) is 22.7 Å². The molecule has 0 saturated carbocycles. The normalized spacial score (nSPS) is 10.1. The van der Waals surface area contributed by atoms with Gasteiger partial charge in [0.2, 0.25) is 0 Å². The van der Waals surface area contributed by atoms with Crippen LogP contribution in [0.25, 0.3) is 0 Å². The lowest BCUT2D eigenvalue weighted by Crippen LogP contribution is -2.39. The van der Waals surface area contributed by atoms with Crippen molar-refractivity contribution in [1.29, 1.82) is 0 Å². The van der Waals surface area contributed by atoms with E-state index in [1.165, 1.54) is 0 Å². The average Bonchev–Trinajstić information content (AvgIpc) is 2.49. The third kappa shape index (κ3) is 6.72. The highest BCUT2D eigenvalue weighted by Gasteiger charge is 2.10. The molecule has 0 aliphatic heterocycles. The molecule has 0 atom stereocenters. The van der Waals surface area contributed by atoms with Crippen LogP contribution in [0.3, 0.4) is 0 Å². The van der Waals surface area contributed by atoms with E-state index in [0.29, 0.717) is 30.9 Å². The standard InChI is InChI=1S/C15H21BrN2O3S/c1-2-3-9-21-13-6-5-11(10-12(13)16)14(20)18-15(22)17-7-4-8-19/h5-6,10,19H,2-4,7-9H2,1H3,(H2,17,18,20,22). The fraction of sp³-hybridized carbons (Fsp3) is 0.467. The molecule has 5 nitrogen and oxygen atoms in total. The lowest BCUT2D eigenvalue weighted by atomic mass is 10.2. The Balaban J connectivity index is 2.55. The number of aliphatic hydroxyl groups is 1. The molecule has 0 saturated heterocycles. The van der Waals surface area contributed by atoms with Crippen molar-refractivity contribution in [1.82, 2.24) is 10.6 Å². The maximum atomic E-state index is 12.1. The molecule has 0 fully saturated rings. The molecular formula is C15H21BrN2O3S. The number of hydrogen-bond acceptors (Lipinski definition) is 4. The minimum Gasteiger partial charge on any atom is -0.492 e. The second-order valence-corrected chi connectivity index (χ2v) is 5.90. The largest absolute Gasteiger partial charge is 0.492 e. The lowest BCUT2D eigenvalue weighted by Gasteiger charge is -2.11. The molecule has 0 radical (unpaired) electrons. The second kappa shape index (κ2) is 10.5. The van der Waals surface area contributed by atoms with Crippen molar-refractivity contribution in [2.45, 2.75) is 26.2 Å². The summed E-state index contributed by atoms with van der Waals surface area (Å²) in [6.45, 7) is 3.35. The summed E-state index contributed by atoms with van der Waals surface area (Å²) in [6.07, 6.45) is 2.63. The van der Waals surface area contributed by atoms with E-state index in [9.17, 15) is 4.79 Å². The van der Waals surface area contributed by atoms with Gasteiger partial charge < -0.3 is 15.2 Å². The Morgan fingerprint density at radius 1 is 1.41 bits per heavy atom. The summed E-state index contributed by atoms with van der Waals surface area (Å²) >= 11 is 8.42. The van der Waals surface area contributed by atoms with Gasteiger partial charge in [0.25, 0.3) is 5.91 Å². The molecule has 1 rings (SSSR count). The van der Waals surface area contributed by atoms with Gasteiger partial charge in [-0.25, -0.2) is 0 Å². The van der Waals surface area contributed by atoms with E-state index in [0.717, 1.165) is 17.3 Å². The number of carbonyl (C=O) groups excluding carboxylic acids is 1. The Labute approximate surface area is 144 Å². The summed E-state index contributed by atoms with van der Waals surface area (Å²) < 4.78 is 6.35. The monoisotopic (exact) mass is 388 g/mol. The zero-order valence-corrected chi connectivity index (χ0v) is 14.9. The van der Waals surface area contributed by atoms with Gasteiger partial charge in [-0.15, -0.1) is 0 Å². The number of unbranched alkanes of at least 4 members (excludes halogenated alkanes) is 1. The van der Waals surface area contributed by atoms with E-state index in [1.54, 1.807) is 18.2 Å². The zero-order chi connectivity index (χ0) is 16.4. The third-order valence-corrected chi connectivity index (χ3v) is 3.66. The lowest BCUT2D eigenvalue weighted by molar-refractivity contribution is 0.0976. The number of benzene rings is 1. The highest BCUT2D eigenvalue weighted by molar-refractivity contribution is 9.10. The second-order valence-electron chi connectivity index (χ2n) is 4.63. The van der Waals surface area contributed by atoms with Crippen LogP contribution in [0.1, 0.15) is 36.5 Å². The maximum absolute atomic E-state index is 12.1. The molecule has 0 heterocycles. The number of amides is 1. The first-order chi connectivity index (χ1) is 10.6. The van der Waals surface area contributed by atoms with Crippen molar-refractivity contribution < 1.29 is 14.6 Å². The van der Waals surface area contributed by atoms with E-state index < -0.39 is 0 Å². The summed E-state index contributed by atoms with van der Waals surface area (Å²) in [5.74, 6) is 0.427. The van der Waals surface area contributed by atoms with Crippen molar-refractivity contribution in [3.05, 3.63) is 28.2 Å². The van der Waals surface area contributed by atoms with Gasteiger partial charge in [-0.05, 0) is 59.2 Å². The number of carbonyl (C=O) groups is 1. The molecule has 0 spiro atoms. The van der Waals surface area contributed by atoms with Crippen molar-refractivity contribution in [2.24, 2.45) is 0 Å². The molecule has 0 aromatic heterocycles. The highest BCUT2D eigenvalue weighted by atomic mass is 79.9. The van der Waals surface area contributed by atoms with Gasteiger partial charge in [-0.3, -0.25) is 10.1 Å². The third-order valence-electron chi connectivity index (χ3n) is 2.80. The minimum atomic E-state index is -0.290. The zero-order valence-electron chi connectivity index (χ0n) is 12.5. The molecule has 7 heteroatoms. The Hall–Kier alpha value is -1.18. The average molecular weight is 389 g/mol. The molecule has 0 unspecified atom stereocenters. The van der Waals surface area contributed by atoms with E-state index in [-0.39, 0.29) is 17.6 Å². The van der Waals surface area contributed by atoms with Gasteiger partial charge in [-0.2, -0.15) is 0 Å². The van der Waals surface area contributed by atoms with Crippen molar-refractivity contribution in [2.75, 3.05) is 19.8 Å². The summed E-state index contributed by atoms with van der Waals surface area (Å²) in [5.41, 5.74) is 0.487. The van der Waals surface area contributed by atoms with Crippen LogP contribution in [-0.4, -0.2) is 35.9 Å². The van der Waals surface area contributed by atoms with Crippen molar-refractivity contribution in [3.63, 3.8) is 0 Å². The van der Waals surface area contributed by atoms with Gasteiger partial charge in [0, 0.05) is 18.7 Å². The quantitative estimate of drug-likeness (QED) is 0.471. The molecular weight excluding hydrogens is 368 g/mol. The number of rotatable bonds is 8. The fourth-order valence-corrected chi connectivity index (χ4v) is 2.27. The summed E-state index contributed by atoms with van der Waals surface area (Å²) in [4.78, 5) is 12.1. The van der Waals surface area contributed by atoms with Gasteiger partial charge in [0.15, 0.2) is 5.11 Å². The Morgan fingerprint density at radius 3 is 2.82 bits per heavy atom. The Kier molecular flexibility index (Phi) is 9.03. The first-order valence-corrected chi connectivity index (χ1v) is 8.41. The number of hydrogen-bond donors (Lipinski definition) is 3. The smallest absolute Gasteiger partial charge is 0.257 e. The number of thiocarbonyl (C=S) groups is 1. The van der Waals surface area contributed by atoms with Crippen LogP contribution in [-0.2, 0) is 0 Å². The number of ether oxygens (including phenoxy) is 1. The van der Waals surface area contributed by atoms with Crippen LogP contribution in [0.4, 0.5) is 0 Å². The van der Waals surface area contributed by atoms with E-state index in [4.69, 9.17) is 22.1 Å². The molecule has 22 heavy (non-hydrogen) atoms.